The Hall–Kier alpha value is -0.850. The molecule has 0 spiro atoms. The molecule has 1 aliphatic rings. The monoisotopic (exact) mass is 315 g/mol. The van der Waals surface area contributed by atoms with Gasteiger partial charge in [0, 0.05) is 12.1 Å². The van der Waals surface area contributed by atoms with Crippen LogP contribution in [0.15, 0.2) is 16.5 Å². The van der Waals surface area contributed by atoms with Gasteiger partial charge in [0.2, 0.25) is 0 Å². The highest BCUT2D eigenvalue weighted by Crippen LogP contribution is 2.18. The Morgan fingerprint density at radius 2 is 2.00 bits per heavy atom. The van der Waals surface area contributed by atoms with Gasteiger partial charge in [-0.05, 0) is 45.7 Å². The third-order valence-corrected chi connectivity index (χ3v) is 4.94. The van der Waals surface area contributed by atoms with Gasteiger partial charge >= 0.3 is 0 Å². The molecule has 0 bridgehead atoms. The SMILES string of the molecule is CC(C)(C)NCc1ccc(CS(=O)(=O)CC2CCCO2)o1. The predicted octanol–water partition coefficient (Wildman–Crippen LogP) is 2.26. The molecule has 1 aromatic heterocycles. The van der Waals surface area contributed by atoms with Crippen LogP contribution >= 0.6 is 0 Å². The van der Waals surface area contributed by atoms with E-state index in [4.69, 9.17) is 9.15 Å². The second-order valence-electron chi connectivity index (χ2n) is 6.66. The lowest BCUT2D eigenvalue weighted by Gasteiger charge is -2.19. The fourth-order valence-electron chi connectivity index (χ4n) is 2.28. The van der Waals surface area contributed by atoms with E-state index in [2.05, 4.69) is 26.1 Å². The van der Waals surface area contributed by atoms with Crippen LogP contribution < -0.4 is 5.32 Å². The summed E-state index contributed by atoms with van der Waals surface area (Å²) in [6, 6.07) is 3.57. The van der Waals surface area contributed by atoms with Crippen molar-refractivity contribution in [3.05, 3.63) is 23.7 Å². The van der Waals surface area contributed by atoms with Crippen LogP contribution in [-0.4, -0.2) is 32.4 Å². The van der Waals surface area contributed by atoms with Gasteiger partial charge in [0.15, 0.2) is 9.84 Å². The summed E-state index contributed by atoms with van der Waals surface area (Å²) in [5, 5.41) is 3.31. The molecule has 0 amide bonds. The van der Waals surface area contributed by atoms with E-state index in [1.807, 2.05) is 6.07 Å². The molecular formula is C15H25NO4S. The fraction of sp³-hybridized carbons (Fsp3) is 0.733. The molecule has 0 aliphatic carbocycles. The molecule has 1 N–H and O–H groups in total. The van der Waals surface area contributed by atoms with E-state index in [-0.39, 0.29) is 23.1 Å². The lowest BCUT2D eigenvalue weighted by Crippen LogP contribution is -2.34. The van der Waals surface area contributed by atoms with Crippen molar-refractivity contribution in [2.24, 2.45) is 0 Å². The molecule has 1 saturated heterocycles. The molecule has 1 aliphatic heterocycles. The predicted molar refractivity (Wildman–Crippen MR) is 81.8 cm³/mol. The maximum absolute atomic E-state index is 12.1. The van der Waals surface area contributed by atoms with Gasteiger partial charge in [0.05, 0.1) is 18.4 Å². The lowest BCUT2D eigenvalue weighted by molar-refractivity contribution is 0.127. The number of sulfone groups is 1. The molecule has 0 aromatic carbocycles. The number of rotatable bonds is 6. The van der Waals surface area contributed by atoms with Gasteiger partial charge in [-0.25, -0.2) is 8.42 Å². The van der Waals surface area contributed by atoms with Crippen LogP contribution in [0.3, 0.4) is 0 Å². The summed E-state index contributed by atoms with van der Waals surface area (Å²) >= 11 is 0. The molecule has 0 saturated carbocycles. The average molecular weight is 315 g/mol. The van der Waals surface area contributed by atoms with Crippen LogP contribution in [0.1, 0.15) is 45.1 Å². The summed E-state index contributed by atoms with van der Waals surface area (Å²) in [6.45, 7) is 7.48. The van der Waals surface area contributed by atoms with Crippen molar-refractivity contribution in [1.82, 2.24) is 5.32 Å². The average Bonchev–Trinajstić information content (AvgIpc) is 2.96. The van der Waals surface area contributed by atoms with Crippen LogP contribution in [0.2, 0.25) is 0 Å². The second kappa shape index (κ2) is 6.50. The van der Waals surface area contributed by atoms with E-state index < -0.39 is 9.84 Å². The van der Waals surface area contributed by atoms with Crippen LogP contribution in [-0.2, 0) is 26.9 Å². The zero-order valence-corrected chi connectivity index (χ0v) is 13.8. The summed E-state index contributed by atoms with van der Waals surface area (Å²) < 4.78 is 35.2. The topological polar surface area (TPSA) is 68.5 Å². The van der Waals surface area contributed by atoms with Gasteiger partial charge in [-0.1, -0.05) is 0 Å². The van der Waals surface area contributed by atoms with E-state index in [1.54, 1.807) is 6.07 Å². The molecule has 1 unspecified atom stereocenters. The maximum Gasteiger partial charge on any atom is 0.160 e. The molecule has 21 heavy (non-hydrogen) atoms. The summed E-state index contributed by atoms with van der Waals surface area (Å²) in [6.07, 6.45) is 1.63. The second-order valence-corrected chi connectivity index (χ2v) is 8.77. The Kier molecular flexibility index (Phi) is 5.11. The molecule has 6 heteroatoms. The first-order valence-corrected chi connectivity index (χ1v) is 9.20. The number of nitrogens with one attached hydrogen (secondary N) is 1. The van der Waals surface area contributed by atoms with E-state index >= 15 is 0 Å². The normalized spacial score (nSPS) is 20.0. The molecule has 1 fully saturated rings. The number of furan rings is 1. The first-order chi connectivity index (χ1) is 9.73. The van der Waals surface area contributed by atoms with Crippen molar-refractivity contribution in [2.45, 2.75) is 57.6 Å². The minimum atomic E-state index is -3.19. The van der Waals surface area contributed by atoms with Gasteiger partial charge < -0.3 is 14.5 Å². The smallest absolute Gasteiger partial charge is 0.160 e. The van der Waals surface area contributed by atoms with E-state index in [0.717, 1.165) is 18.6 Å². The van der Waals surface area contributed by atoms with Crippen LogP contribution in [0.25, 0.3) is 0 Å². The molecule has 0 radical (unpaired) electrons. The Labute approximate surface area is 127 Å². The Balaban J connectivity index is 1.89. The van der Waals surface area contributed by atoms with E-state index in [1.165, 1.54) is 0 Å². The number of hydrogen-bond donors (Lipinski definition) is 1. The summed E-state index contributed by atoms with van der Waals surface area (Å²) in [5.41, 5.74) is -0.00115. The van der Waals surface area contributed by atoms with Gasteiger partial charge in [0.25, 0.3) is 0 Å². The van der Waals surface area contributed by atoms with Gasteiger partial charge in [-0.2, -0.15) is 0 Å². The molecule has 2 rings (SSSR count). The Morgan fingerprint density at radius 3 is 2.62 bits per heavy atom. The standard InChI is InChI=1S/C15H25NO4S/c1-15(2,3)16-9-12-6-7-14(20-12)11-21(17,18)10-13-5-4-8-19-13/h6-7,13,16H,4-5,8-11H2,1-3H3. The van der Waals surface area contributed by atoms with Gasteiger partial charge in [0.1, 0.15) is 17.3 Å². The zero-order chi connectivity index (χ0) is 15.5. The Bertz CT molecular complexity index is 550. The highest BCUT2D eigenvalue weighted by atomic mass is 32.2. The van der Waals surface area contributed by atoms with Crippen LogP contribution in [0.4, 0.5) is 0 Å². The number of ether oxygens (including phenoxy) is 1. The molecule has 1 atom stereocenters. The molecule has 5 nitrogen and oxygen atoms in total. The minimum Gasteiger partial charge on any atom is -0.464 e. The summed E-state index contributed by atoms with van der Waals surface area (Å²) in [4.78, 5) is 0. The summed E-state index contributed by atoms with van der Waals surface area (Å²) in [7, 11) is -3.19. The van der Waals surface area contributed by atoms with E-state index in [9.17, 15) is 8.42 Å². The lowest BCUT2D eigenvalue weighted by atomic mass is 10.1. The first-order valence-electron chi connectivity index (χ1n) is 7.38. The van der Waals surface area contributed by atoms with Crippen molar-refractivity contribution in [2.75, 3.05) is 12.4 Å². The van der Waals surface area contributed by atoms with Crippen LogP contribution in [0, 0.1) is 0 Å². The Morgan fingerprint density at radius 1 is 1.29 bits per heavy atom. The minimum absolute atomic E-state index is 0.00115. The van der Waals surface area contributed by atoms with Crippen LogP contribution in [0.5, 0.6) is 0 Å². The van der Waals surface area contributed by atoms with Crippen molar-refractivity contribution in [1.29, 1.82) is 0 Å². The third-order valence-electron chi connectivity index (χ3n) is 3.34. The zero-order valence-electron chi connectivity index (χ0n) is 13.0. The number of hydrogen-bond acceptors (Lipinski definition) is 5. The largest absolute Gasteiger partial charge is 0.464 e. The maximum atomic E-state index is 12.1. The van der Waals surface area contributed by atoms with Crippen molar-refractivity contribution >= 4 is 9.84 Å². The quantitative estimate of drug-likeness (QED) is 0.872. The van der Waals surface area contributed by atoms with Crippen molar-refractivity contribution in [3.8, 4) is 0 Å². The highest BCUT2D eigenvalue weighted by molar-refractivity contribution is 7.90. The van der Waals surface area contributed by atoms with Gasteiger partial charge in [-0.3, -0.25) is 0 Å². The molecule has 1 aromatic rings. The molecular weight excluding hydrogens is 290 g/mol. The summed E-state index contributed by atoms with van der Waals surface area (Å²) in [5.74, 6) is 1.29. The molecule has 2 heterocycles. The van der Waals surface area contributed by atoms with Crippen molar-refractivity contribution in [3.63, 3.8) is 0 Å². The first kappa shape index (κ1) is 16.5. The molecule has 120 valence electrons. The fourth-order valence-corrected chi connectivity index (χ4v) is 3.82. The third kappa shape index (κ3) is 5.80. The van der Waals surface area contributed by atoms with Crippen molar-refractivity contribution < 1.29 is 17.6 Å². The van der Waals surface area contributed by atoms with Gasteiger partial charge in [-0.15, -0.1) is 0 Å². The van der Waals surface area contributed by atoms with E-state index in [0.29, 0.717) is 18.9 Å². The highest BCUT2D eigenvalue weighted by Gasteiger charge is 2.24.